The Labute approximate surface area is 180 Å². The minimum atomic E-state index is -0.731. The minimum absolute atomic E-state index is 0.0142. The van der Waals surface area contributed by atoms with Crippen LogP contribution in [0.3, 0.4) is 0 Å². The molecule has 3 rings (SSSR count). The molecule has 1 unspecified atom stereocenters. The molecule has 2 aromatic carbocycles. The molecule has 162 valence electrons. The van der Waals surface area contributed by atoms with Crippen LogP contribution < -0.4 is 0 Å². The van der Waals surface area contributed by atoms with E-state index < -0.39 is 5.60 Å². The Morgan fingerprint density at radius 1 is 1.10 bits per heavy atom. The lowest BCUT2D eigenvalue weighted by Gasteiger charge is -2.44. The molecule has 1 aliphatic heterocycles. The van der Waals surface area contributed by atoms with E-state index in [1.807, 2.05) is 49.1 Å². The monoisotopic (exact) mass is 409 g/mol. The summed E-state index contributed by atoms with van der Waals surface area (Å²) >= 11 is 0. The number of likely N-dealkylation sites (tertiary alicyclic amines) is 1. The second-order valence-electron chi connectivity index (χ2n) is 9.39. The van der Waals surface area contributed by atoms with Crippen LogP contribution in [0.25, 0.3) is 0 Å². The molecule has 1 heterocycles. The first kappa shape index (κ1) is 22.5. The van der Waals surface area contributed by atoms with Crippen LogP contribution in [0.1, 0.15) is 69.2 Å². The molecule has 1 saturated heterocycles. The summed E-state index contributed by atoms with van der Waals surface area (Å²) in [5, 5.41) is 19.4. The minimum Gasteiger partial charge on any atom is -0.396 e. The number of amides is 1. The van der Waals surface area contributed by atoms with Gasteiger partial charge in [-0.3, -0.25) is 4.79 Å². The van der Waals surface area contributed by atoms with E-state index in [0.29, 0.717) is 25.8 Å². The summed E-state index contributed by atoms with van der Waals surface area (Å²) in [6, 6.07) is 18.6. The standard InChI is InChI=1S/C26H35NO3/c1-20(22-12-10-21(11-13-22)18-25(2,3)30)27-16-15-26(14-7-17-28,19-24(27)29)23-8-5-4-6-9-23/h4-6,8-13,20,28,30H,7,14-19H2,1-3H3/t20-,26?/m0/s1. The predicted octanol–water partition coefficient (Wildman–Crippen LogP) is 4.39. The Morgan fingerprint density at radius 3 is 2.33 bits per heavy atom. The van der Waals surface area contributed by atoms with E-state index in [1.54, 1.807) is 0 Å². The van der Waals surface area contributed by atoms with Crippen LogP contribution in [0.5, 0.6) is 0 Å². The maximum atomic E-state index is 13.2. The van der Waals surface area contributed by atoms with Crippen molar-refractivity contribution in [1.29, 1.82) is 0 Å². The van der Waals surface area contributed by atoms with Crippen LogP contribution in [-0.2, 0) is 16.6 Å². The second kappa shape index (κ2) is 9.32. The first-order valence-electron chi connectivity index (χ1n) is 11.0. The fourth-order valence-corrected chi connectivity index (χ4v) is 4.75. The summed E-state index contributed by atoms with van der Waals surface area (Å²) in [5.74, 6) is 0.177. The van der Waals surface area contributed by atoms with Crippen molar-refractivity contribution in [2.24, 2.45) is 0 Å². The Balaban J connectivity index is 1.74. The molecule has 0 bridgehead atoms. The molecule has 0 spiro atoms. The number of hydrogen-bond donors (Lipinski definition) is 2. The first-order chi connectivity index (χ1) is 14.2. The van der Waals surface area contributed by atoms with Gasteiger partial charge in [-0.15, -0.1) is 0 Å². The van der Waals surface area contributed by atoms with E-state index in [-0.39, 0.29) is 24.0 Å². The summed E-state index contributed by atoms with van der Waals surface area (Å²) in [6.45, 7) is 6.58. The highest BCUT2D eigenvalue weighted by molar-refractivity contribution is 5.79. The fourth-order valence-electron chi connectivity index (χ4n) is 4.75. The Morgan fingerprint density at radius 2 is 1.77 bits per heavy atom. The second-order valence-corrected chi connectivity index (χ2v) is 9.39. The molecule has 1 fully saturated rings. The molecule has 2 atom stereocenters. The van der Waals surface area contributed by atoms with Crippen molar-refractivity contribution >= 4 is 5.91 Å². The molecule has 1 aliphatic rings. The number of carbonyl (C=O) groups is 1. The third-order valence-corrected chi connectivity index (χ3v) is 6.41. The molecule has 30 heavy (non-hydrogen) atoms. The van der Waals surface area contributed by atoms with Crippen molar-refractivity contribution < 1.29 is 15.0 Å². The highest BCUT2D eigenvalue weighted by Gasteiger charge is 2.41. The van der Waals surface area contributed by atoms with Gasteiger partial charge in [0.15, 0.2) is 0 Å². The van der Waals surface area contributed by atoms with Gasteiger partial charge >= 0.3 is 0 Å². The lowest BCUT2D eigenvalue weighted by atomic mass is 9.69. The van der Waals surface area contributed by atoms with Gasteiger partial charge in [-0.25, -0.2) is 0 Å². The topological polar surface area (TPSA) is 60.8 Å². The van der Waals surface area contributed by atoms with E-state index in [1.165, 1.54) is 5.56 Å². The first-order valence-corrected chi connectivity index (χ1v) is 11.0. The van der Waals surface area contributed by atoms with E-state index in [0.717, 1.165) is 24.0 Å². The summed E-state index contributed by atoms with van der Waals surface area (Å²) in [5.41, 5.74) is 2.50. The smallest absolute Gasteiger partial charge is 0.223 e. The van der Waals surface area contributed by atoms with E-state index in [9.17, 15) is 15.0 Å². The average Bonchev–Trinajstić information content (AvgIpc) is 2.72. The third kappa shape index (κ3) is 5.30. The van der Waals surface area contributed by atoms with E-state index in [4.69, 9.17) is 0 Å². The molecular weight excluding hydrogens is 374 g/mol. The molecule has 0 aliphatic carbocycles. The lowest BCUT2D eigenvalue weighted by molar-refractivity contribution is -0.138. The summed E-state index contributed by atoms with van der Waals surface area (Å²) in [6.07, 6.45) is 3.53. The molecule has 4 nitrogen and oxygen atoms in total. The van der Waals surface area contributed by atoms with Gasteiger partial charge in [0.05, 0.1) is 11.6 Å². The maximum Gasteiger partial charge on any atom is 0.223 e. The van der Waals surface area contributed by atoms with Crippen molar-refractivity contribution in [2.45, 2.75) is 69.9 Å². The summed E-state index contributed by atoms with van der Waals surface area (Å²) in [7, 11) is 0. The zero-order valence-corrected chi connectivity index (χ0v) is 18.5. The van der Waals surface area contributed by atoms with Crippen molar-refractivity contribution in [3.8, 4) is 0 Å². The zero-order chi connectivity index (χ0) is 21.8. The number of benzene rings is 2. The highest BCUT2D eigenvalue weighted by Crippen LogP contribution is 2.42. The van der Waals surface area contributed by atoms with E-state index in [2.05, 4.69) is 31.2 Å². The number of rotatable bonds is 8. The number of piperidine rings is 1. The van der Waals surface area contributed by atoms with Gasteiger partial charge in [0.1, 0.15) is 0 Å². The number of aliphatic hydroxyl groups is 2. The predicted molar refractivity (Wildman–Crippen MR) is 120 cm³/mol. The summed E-state index contributed by atoms with van der Waals surface area (Å²) in [4.78, 5) is 15.2. The van der Waals surface area contributed by atoms with Gasteiger partial charge in [0.2, 0.25) is 5.91 Å². The Hall–Kier alpha value is -2.17. The number of aliphatic hydroxyl groups excluding tert-OH is 1. The van der Waals surface area contributed by atoms with Crippen molar-refractivity contribution in [3.63, 3.8) is 0 Å². The highest BCUT2D eigenvalue weighted by atomic mass is 16.3. The Kier molecular flexibility index (Phi) is 6.99. The summed E-state index contributed by atoms with van der Waals surface area (Å²) < 4.78 is 0. The maximum absolute atomic E-state index is 13.2. The van der Waals surface area contributed by atoms with Gasteiger partial charge in [-0.1, -0.05) is 54.6 Å². The van der Waals surface area contributed by atoms with Crippen LogP contribution >= 0.6 is 0 Å². The molecule has 2 aromatic rings. The van der Waals surface area contributed by atoms with Crippen LogP contribution in [0.4, 0.5) is 0 Å². The Bertz CT molecular complexity index is 826. The fraction of sp³-hybridized carbons (Fsp3) is 0.500. The van der Waals surface area contributed by atoms with Crippen molar-refractivity contribution in [2.75, 3.05) is 13.2 Å². The van der Waals surface area contributed by atoms with Gasteiger partial charge in [0.25, 0.3) is 0 Å². The lowest BCUT2D eigenvalue weighted by Crippen LogP contribution is -2.47. The molecule has 4 heteroatoms. The number of nitrogens with zero attached hydrogens (tertiary/aromatic N) is 1. The van der Waals surface area contributed by atoms with Gasteiger partial charge in [-0.05, 0) is 56.7 Å². The SMILES string of the molecule is C[C@@H](c1ccc(CC(C)(C)O)cc1)N1CCC(CCCO)(c2ccccc2)CC1=O. The van der Waals surface area contributed by atoms with Crippen LogP contribution in [0.15, 0.2) is 54.6 Å². The molecule has 0 saturated carbocycles. The molecule has 2 N–H and O–H groups in total. The number of hydrogen-bond acceptors (Lipinski definition) is 3. The third-order valence-electron chi connectivity index (χ3n) is 6.41. The molecule has 0 aromatic heterocycles. The van der Waals surface area contributed by atoms with Gasteiger partial charge in [-0.2, -0.15) is 0 Å². The molecule has 1 amide bonds. The zero-order valence-electron chi connectivity index (χ0n) is 18.5. The normalized spacial score (nSPS) is 21.0. The van der Waals surface area contributed by atoms with Crippen LogP contribution in [-0.4, -0.2) is 39.8 Å². The average molecular weight is 410 g/mol. The van der Waals surface area contributed by atoms with Crippen LogP contribution in [0.2, 0.25) is 0 Å². The van der Waals surface area contributed by atoms with Crippen LogP contribution in [0, 0.1) is 0 Å². The largest absolute Gasteiger partial charge is 0.396 e. The van der Waals surface area contributed by atoms with Gasteiger partial charge in [0, 0.05) is 31.4 Å². The van der Waals surface area contributed by atoms with Crippen molar-refractivity contribution in [1.82, 2.24) is 4.90 Å². The molecular formula is C26H35NO3. The molecule has 0 radical (unpaired) electrons. The quantitative estimate of drug-likeness (QED) is 0.680. The van der Waals surface area contributed by atoms with Gasteiger partial charge < -0.3 is 15.1 Å². The van der Waals surface area contributed by atoms with Crippen molar-refractivity contribution in [3.05, 3.63) is 71.3 Å². The van der Waals surface area contributed by atoms with E-state index >= 15 is 0 Å². The number of carbonyl (C=O) groups excluding carboxylic acids is 1.